The van der Waals surface area contributed by atoms with Gasteiger partial charge in [-0.1, -0.05) is 0 Å². The quantitative estimate of drug-likeness (QED) is 0.720. The van der Waals surface area contributed by atoms with Gasteiger partial charge in [0.2, 0.25) is 10.0 Å². The molecule has 0 aromatic carbocycles. The van der Waals surface area contributed by atoms with Crippen molar-refractivity contribution < 1.29 is 8.42 Å². The predicted molar refractivity (Wildman–Crippen MR) is 54.8 cm³/mol. The van der Waals surface area contributed by atoms with Crippen LogP contribution in [0.2, 0.25) is 0 Å². The second kappa shape index (κ2) is 3.53. The van der Waals surface area contributed by atoms with Gasteiger partial charge in [0.1, 0.15) is 0 Å². The van der Waals surface area contributed by atoms with E-state index in [4.69, 9.17) is 0 Å². The van der Waals surface area contributed by atoms with E-state index in [2.05, 4.69) is 10.2 Å². The Morgan fingerprint density at radius 2 is 1.86 bits per heavy atom. The molecule has 0 bridgehead atoms. The third-order valence-electron chi connectivity index (χ3n) is 1.88. The molecule has 0 aliphatic rings. The van der Waals surface area contributed by atoms with Gasteiger partial charge in [-0.3, -0.25) is 4.31 Å². The highest BCUT2D eigenvalue weighted by Crippen LogP contribution is 2.16. The van der Waals surface area contributed by atoms with Crippen LogP contribution in [0.5, 0.6) is 0 Å². The molecule has 1 aromatic rings. The molecule has 14 heavy (non-hydrogen) atoms. The van der Waals surface area contributed by atoms with Crippen LogP contribution in [0.3, 0.4) is 0 Å². The van der Waals surface area contributed by atoms with Crippen molar-refractivity contribution in [2.75, 3.05) is 17.6 Å². The monoisotopic (exact) mass is 215 g/mol. The zero-order chi connectivity index (χ0) is 10.9. The Kier molecular flexibility index (Phi) is 2.75. The van der Waals surface area contributed by atoms with Gasteiger partial charge in [-0.25, -0.2) is 8.42 Å². The normalized spacial score (nSPS) is 11.4. The predicted octanol–water partition coefficient (Wildman–Crippen LogP) is 0.489. The zero-order valence-electron chi connectivity index (χ0n) is 8.64. The van der Waals surface area contributed by atoms with Crippen molar-refractivity contribution in [1.82, 2.24) is 10.2 Å². The zero-order valence-corrected chi connectivity index (χ0v) is 9.46. The molecule has 0 aliphatic heterocycles. The van der Waals surface area contributed by atoms with Crippen molar-refractivity contribution in [2.45, 2.75) is 13.8 Å². The van der Waals surface area contributed by atoms with E-state index in [0.29, 0.717) is 5.82 Å². The molecule has 0 unspecified atom stereocenters. The van der Waals surface area contributed by atoms with Crippen LogP contribution < -0.4 is 4.31 Å². The SMILES string of the molecule is Cc1cc(C)c(N(C)S(C)(=O)=O)nn1. The summed E-state index contributed by atoms with van der Waals surface area (Å²) in [7, 11) is -1.80. The van der Waals surface area contributed by atoms with Gasteiger partial charge in [-0.2, -0.15) is 5.10 Å². The maximum absolute atomic E-state index is 11.2. The number of nitrogens with zero attached hydrogens (tertiary/aromatic N) is 3. The molecule has 0 N–H and O–H groups in total. The number of hydrogen-bond acceptors (Lipinski definition) is 4. The molecule has 0 amide bonds. The minimum Gasteiger partial charge on any atom is -0.255 e. The van der Waals surface area contributed by atoms with Crippen LogP contribution in [0.15, 0.2) is 6.07 Å². The lowest BCUT2D eigenvalue weighted by molar-refractivity contribution is 0.599. The third kappa shape index (κ3) is 2.20. The van der Waals surface area contributed by atoms with E-state index in [0.717, 1.165) is 21.8 Å². The third-order valence-corrected chi connectivity index (χ3v) is 3.04. The van der Waals surface area contributed by atoms with Crippen LogP contribution in [0.25, 0.3) is 0 Å². The fourth-order valence-electron chi connectivity index (χ4n) is 1.08. The van der Waals surface area contributed by atoms with Crippen molar-refractivity contribution in [3.05, 3.63) is 17.3 Å². The van der Waals surface area contributed by atoms with Gasteiger partial charge in [0, 0.05) is 7.05 Å². The Morgan fingerprint density at radius 1 is 1.29 bits per heavy atom. The fourth-order valence-corrected chi connectivity index (χ4v) is 1.57. The first-order chi connectivity index (χ1) is 6.32. The summed E-state index contributed by atoms with van der Waals surface area (Å²) in [6, 6.07) is 1.80. The van der Waals surface area contributed by atoms with Gasteiger partial charge >= 0.3 is 0 Å². The average Bonchev–Trinajstić information content (AvgIpc) is 2.01. The molecule has 0 radical (unpaired) electrons. The van der Waals surface area contributed by atoms with Crippen molar-refractivity contribution in [1.29, 1.82) is 0 Å². The number of aromatic nitrogens is 2. The Labute approximate surface area is 83.8 Å². The van der Waals surface area contributed by atoms with Crippen LogP contribution in [0.4, 0.5) is 5.82 Å². The lowest BCUT2D eigenvalue weighted by atomic mass is 10.3. The van der Waals surface area contributed by atoms with Crippen LogP contribution in [-0.2, 0) is 10.0 Å². The van der Waals surface area contributed by atoms with Gasteiger partial charge in [0.05, 0.1) is 11.9 Å². The first kappa shape index (κ1) is 10.9. The smallest absolute Gasteiger partial charge is 0.233 e. The number of sulfonamides is 1. The molecule has 0 fully saturated rings. The summed E-state index contributed by atoms with van der Waals surface area (Å²) in [5.74, 6) is 0.373. The molecule has 5 nitrogen and oxygen atoms in total. The second-order valence-electron chi connectivity index (χ2n) is 3.22. The van der Waals surface area contributed by atoms with Crippen molar-refractivity contribution in [3.8, 4) is 0 Å². The molecule has 78 valence electrons. The highest BCUT2D eigenvalue weighted by Gasteiger charge is 2.15. The first-order valence-corrected chi connectivity index (χ1v) is 5.92. The number of aryl methyl sites for hydroxylation is 2. The van der Waals surface area contributed by atoms with E-state index in [9.17, 15) is 8.42 Å². The summed E-state index contributed by atoms with van der Waals surface area (Å²) in [5, 5.41) is 7.66. The lowest BCUT2D eigenvalue weighted by Gasteiger charge is -2.16. The molecular weight excluding hydrogens is 202 g/mol. The Bertz CT molecular complexity index is 442. The minimum atomic E-state index is -3.26. The van der Waals surface area contributed by atoms with Gasteiger partial charge < -0.3 is 0 Å². The largest absolute Gasteiger partial charge is 0.255 e. The Morgan fingerprint density at radius 3 is 2.29 bits per heavy atom. The van der Waals surface area contributed by atoms with Crippen molar-refractivity contribution in [2.24, 2.45) is 0 Å². The summed E-state index contributed by atoms with van der Waals surface area (Å²) in [6.45, 7) is 3.61. The van der Waals surface area contributed by atoms with Crippen molar-refractivity contribution >= 4 is 15.8 Å². The van der Waals surface area contributed by atoms with Crippen LogP contribution >= 0.6 is 0 Å². The maximum Gasteiger partial charge on any atom is 0.233 e. The van der Waals surface area contributed by atoms with E-state index >= 15 is 0 Å². The van der Waals surface area contributed by atoms with E-state index in [1.54, 1.807) is 13.0 Å². The standard InChI is InChI=1S/C8H13N3O2S/c1-6-5-7(2)9-10-8(6)11(3)14(4,12)13/h5H,1-4H3. The van der Waals surface area contributed by atoms with Crippen LogP contribution in [0.1, 0.15) is 11.3 Å². The first-order valence-electron chi connectivity index (χ1n) is 4.07. The van der Waals surface area contributed by atoms with E-state index in [1.165, 1.54) is 7.05 Å². The molecule has 0 saturated heterocycles. The maximum atomic E-state index is 11.2. The fraction of sp³-hybridized carbons (Fsp3) is 0.500. The lowest BCUT2D eigenvalue weighted by Crippen LogP contribution is -2.26. The molecule has 0 atom stereocenters. The molecule has 0 aliphatic carbocycles. The molecular formula is C8H13N3O2S. The highest BCUT2D eigenvalue weighted by atomic mass is 32.2. The topological polar surface area (TPSA) is 63.2 Å². The summed E-state index contributed by atoms with van der Waals surface area (Å²) < 4.78 is 23.6. The molecule has 1 rings (SSSR count). The van der Waals surface area contributed by atoms with Gasteiger partial charge in [-0.15, -0.1) is 5.10 Å². The molecule has 0 spiro atoms. The summed E-state index contributed by atoms with van der Waals surface area (Å²) in [6.07, 6.45) is 1.13. The van der Waals surface area contributed by atoms with Crippen LogP contribution in [-0.4, -0.2) is 31.9 Å². The summed E-state index contributed by atoms with van der Waals surface area (Å²) in [5.41, 5.74) is 1.57. The Hall–Kier alpha value is -1.17. The summed E-state index contributed by atoms with van der Waals surface area (Å²) in [4.78, 5) is 0. The van der Waals surface area contributed by atoms with Crippen molar-refractivity contribution in [3.63, 3.8) is 0 Å². The number of anilines is 1. The van der Waals surface area contributed by atoms with Gasteiger partial charge in [-0.05, 0) is 25.5 Å². The highest BCUT2D eigenvalue weighted by molar-refractivity contribution is 7.92. The molecule has 1 heterocycles. The van der Waals surface area contributed by atoms with E-state index < -0.39 is 10.0 Å². The number of rotatable bonds is 2. The molecule has 1 aromatic heterocycles. The Balaban J connectivity index is 3.21. The van der Waals surface area contributed by atoms with Gasteiger partial charge in [0.15, 0.2) is 5.82 Å². The second-order valence-corrected chi connectivity index (χ2v) is 5.24. The van der Waals surface area contributed by atoms with E-state index in [1.807, 2.05) is 6.92 Å². The minimum absolute atomic E-state index is 0.373. The van der Waals surface area contributed by atoms with Crippen LogP contribution in [0, 0.1) is 13.8 Å². The van der Waals surface area contributed by atoms with E-state index in [-0.39, 0.29) is 0 Å². The number of hydrogen-bond donors (Lipinski definition) is 0. The molecule has 0 saturated carbocycles. The van der Waals surface area contributed by atoms with Gasteiger partial charge in [0.25, 0.3) is 0 Å². The molecule has 6 heteroatoms. The average molecular weight is 215 g/mol. The summed E-state index contributed by atoms with van der Waals surface area (Å²) >= 11 is 0.